The lowest BCUT2D eigenvalue weighted by molar-refractivity contribution is 0.00204. The molecule has 0 radical (unpaired) electrons. The lowest BCUT2D eigenvalue weighted by Gasteiger charge is -2.40. The second kappa shape index (κ2) is 9.72. The number of ether oxygens (including phenoxy) is 2. The SMILES string of the molecule is Oc1ccc2c(c1)OC(c1cc(O)c(O)c(O)c1)C(O)C2c1c(O)ccc2c1OC(c1cc(O)c(O)c(O)c1)C(O)C2. The molecule has 6 rings (SSSR count). The molecule has 0 saturated carbocycles. The first-order valence-electron chi connectivity index (χ1n) is 12.8. The van der Waals surface area contributed by atoms with Gasteiger partial charge in [0.15, 0.2) is 46.7 Å². The molecular weight excluding hydrogens is 552 g/mol. The van der Waals surface area contributed by atoms with Crippen LogP contribution in [0.2, 0.25) is 0 Å². The van der Waals surface area contributed by atoms with E-state index in [1.807, 2.05) is 0 Å². The number of aromatic hydroxyl groups is 8. The molecule has 10 N–H and O–H groups in total. The maximum atomic E-state index is 11.7. The molecule has 0 aliphatic carbocycles. The smallest absolute Gasteiger partial charge is 0.200 e. The Hall–Kier alpha value is -5.20. The van der Waals surface area contributed by atoms with E-state index >= 15 is 0 Å². The van der Waals surface area contributed by atoms with Crippen LogP contribution in [0.25, 0.3) is 0 Å². The summed E-state index contributed by atoms with van der Waals surface area (Å²) < 4.78 is 12.2. The predicted molar refractivity (Wildman–Crippen MR) is 143 cm³/mol. The molecule has 0 fully saturated rings. The summed E-state index contributed by atoms with van der Waals surface area (Å²) >= 11 is 0. The van der Waals surface area contributed by atoms with Gasteiger partial charge >= 0.3 is 0 Å². The number of hydrogen-bond donors (Lipinski definition) is 10. The van der Waals surface area contributed by atoms with Gasteiger partial charge in [0.05, 0.1) is 6.10 Å². The van der Waals surface area contributed by atoms with E-state index in [-0.39, 0.29) is 46.1 Å². The van der Waals surface area contributed by atoms with Crippen LogP contribution in [0.15, 0.2) is 54.6 Å². The number of rotatable bonds is 3. The third-order valence-electron chi connectivity index (χ3n) is 7.67. The van der Waals surface area contributed by atoms with Crippen molar-refractivity contribution < 1.29 is 60.5 Å². The normalized spacial score (nSPS) is 22.9. The molecule has 42 heavy (non-hydrogen) atoms. The van der Waals surface area contributed by atoms with Gasteiger partial charge in [-0.1, -0.05) is 12.1 Å². The summed E-state index contributed by atoms with van der Waals surface area (Å²) in [6.07, 6.45) is -5.11. The molecule has 5 unspecified atom stereocenters. The Balaban J connectivity index is 1.51. The average Bonchev–Trinajstić information content (AvgIpc) is 2.94. The van der Waals surface area contributed by atoms with Gasteiger partial charge in [-0.05, 0) is 42.0 Å². The van der Waals surface area contributed by atoms with Crippen LogP contribution in [0.3, 0.4) is 0 Å². The van der Waals surface area contributed by atoms with Gasteiger partial charge < -0.3 is 60.5 Å². The number of benzene rings is 4. The minimum atomic E-state index is -1.50. The highest BCUT2D eigenvalue weighted by Crippen LogP contribution is 2.54. The number of phenolic OH excluding ortho intramolecular Hbond substituents is 8. The van der Waals surface area contributed by atoms with Gasteiger partial charge in [0, 0.05) is 40.7 Å². The zero-order chi connectivity index (χ0) is 30.0. The van der Waals surface area contributed by atoms with E-state index in [4.69, 9.17) is 9.47 Å². The molecule has 0 bridgehead atoms. The third kappa shape index (κ3) is 4.24. The summed E-state index contributed by atoms with van der Waals surface area (Å²) in [5.74, 6) is -5.46. The van der Waals surface area contributed by atoms with Crippen LogP contribution in [0, 0.1) is 0 Å². The van der Waals surface area contributed by atoms with Gasteiger partial charge in [-0.2, -0.15) is 0 Å². The largest absolute Gasteiger partial charge is 0.508 e. The molecule has 0 amide bonds. The monoisotopic (exact) mass is 578 g/mol. The summed E-state index contributed by atoms with van der Waals surface area (Å²) in [5, 5.41) is 104. The number of aliphatic hydroxyl groups is 2. The zero-order valence-electron chi connectivity index (χ0n) is 21.6. The van der Waals surface area contributed by atoms with E-state index in [1.54, 1.807) is 0 Å². The molecule has 0 aromatic heterocycles. The molecule has 0 spiro atoms. The highest BCUT2D eigenvalue weighted by molar-refractivity contribution is 5.61. The van der Waals surface area contributed by atoms with Crippen molar-refractivity contribution >= 4 is 0 Å². The summed E-state index contributed by atoms with van der Waals surface area (Å²) in [5.41, 5.74) is 1.10. The first-order valence-corrected chi connectivity index (χ1v) is 12.8. The van der Waals surface area contributed by atoms with E-state index in [2.05, 4.69) is 0 Å². The van der Waals surface area contributed by atoms with Crippen molar-refractivity contribution in [1.82, 2.24) is 0 Å². The Morgan fingerprint density at radius 1 is 0.595 bits per heavy atom. The van der Waals surface area contributed by atoms with E-state index < -0.39 is 64.8 Å². The first-order chi connectivity index (χ1) is 19.9. The Morgan fingerprint density at radius 3 is 1.76 bits per heavy atom. The Labute approximate surface area is 237 Å². The van der Waals surface area contributed by atoms with E-state index in [1.165, 1.54) is 30.3 Å². The first kappa shape index (κ1) is 27.0. The Morgan fingerprint density at radius 2 is 1.17 bits per heavy atom. The molecule has 12 nitrogen and oxygen atoms in total. The topological polar surface area (TPSA) is 221 Å². The van der Waals surface area contributed by atoms with Gasteiger partial charge in [-0.3, -0.25) is 0 Å². The van der Waals surface area contributed by atoms with Crippen molar-refractivity contribution in [1.29, 1.82) is 0 Å². The maximum Gasteiger partial charge on any atom is 0.200 e. The minimum Gasteiger partial charge on any atom is -0.508 e. The Kier molecular flexibility index (Phi) is 6.24. The quantitative estimate of drug-likeness (QED) is 0.159. The van der Waals surface area contributed by atoms with E-state index in [0.717, 1.165) is 24.3 Å². The second-order valence-electron chi connectivity index (χ2n) is 10.3. The molecular formula is C30H26O12. The Bertz CT molecular complexity index is 1670. The molecule has 2 aliphatic heterocycles. The molecule has 2 heterocycles. The van der Waals surface area contributed by atoms with Crippen molar-refractivity contribution in [2.24, 2.45) is 0 Å². The summed E-state index contributed by atoms with van der Waals surface area (Å²) in [7, 11) is 0. The van der Waals surface area contributed by atoms with Crippen LogP contribution < -0.4 is 9.47 Å². The minimum absolute atomic E-state index is 0.0145. The van der Waals surface area contributed by atoms with Crippen molar-refractivity contribution in [3.05, 3.63) is 82.4 Å². The fourth-order valence-corrected chi connectivity index (χ4v) is 5.68. The molecule has 2 aliphatic rings. The van der Waals surface area contributed by atoms with Gasteiger partial charge in [0.1, 0.15) is 29.1 Å². The zero-order valence-corrected chi connectivity index (χ0v) is 21.6. The third-order valence-corrected chi connectivity index (χ3v) is 7.67. The molecule has 5 atom stereocenters. The second-order valence-corrected chi connectivity index (χ2v) is 10.3. The highest BCUT2D eigenvalue weighted by Gasteiger charge is 2.44. The standard InChI is InChI=1S/C30H26O12/c31-14-2-3-15-22(10-14)41-30(13-8-19(35)26(39)20(36)9-13)27(40)23(15)24-16(32)4-1-11-5-21(37)28(42-29(11)24)12-6-17(33)25(38)18(34)7-12/h1-4,6-10,21,23,27-28,30-40H,5H2. The lowest BCUT2D eigenvalue weighted by Crippen LogP contribution is -2.36. The highest BCUT2D eigenvalue weighted by atomic mass is 16.5. The lowest BCUT2D eigenvalue weighted by atomic mass is 9.78. The molecule has 4 aromatic rings. The fourth-order valence-electron chi connectivity index (χ4n) is 5.68. The van der Waals surface area contributed by atoms with Crippen molar-refractivity contribution in [3.8, 4) is 57.5 Å². The van der Waals surface area contributed by atoms with Gasteiger partial charge in [0.2, 0.25) is 0 Å². The molecule has 4 aromatic carbocycles. The van der Waals surface area contributed by atoms with Gasteiger partial charge in [-0.25, -0.2) is 0 Å². The van der Waals surface area contributed by atoms with E-state index in [0.29, 0.717) is 11.1 Å². The number of phenols is 8. The molecule has 0 saturated heterocycles. The predicted octanol–water partition coefficient (Wildman–Crippen LogP) is 3.00. The van der Waals surface area contributed by atoms with Crippen molar-refractivity contribution in [3.63, 3.8) is 0 Å². The van der Waals surface area contributed by atoms with E-state index in [9.17, 15) is 51.1 Å². The number of aliphatic hydroxyl groups excluding tert-OH is 2. The van der Waals surface area contributed by atoms with Crippen LogP contribution in [0.5, 0.6) is 57.5 Å². The van der Waals surface area contributed by atoms with Crippen LogP contribution in [0.4, 0.5) is 0 Å². The van der Waals surface area contributed by atoms with Gasteiger partial charge in [0.25, 0.3) is 0 Å². The van der Waals surface area contributed by atoms with Crippen LogP contribution in [0.1, 0.15) is 45.9 Å². The summed E-state index contributed by atoms with van der Waals surface area (Å²) in [6.45, 7) is 0. The fraction of sp³-hybridized carbons (Fsp3) is 0.200. The van der Waals surface area contributed by atoms with Gasteiger partial charge in [-0.15, -0.1) is 0 Å². The summed E-state index contributed by atoms with van der Waals surface area (Å²) in [6, 6.07) is 11.5. The van der Waals surface area contributed by atoms with Crippen LogP contribution >= 0.6 is 0 Å². The maximum absolute atomic E-state index is 11.7. The van der Waals surface area contributed by atoms with Crippen LogP contribution in [-0.4, -0.2) is 63.3 Å². The average molecular weight is 579 g/mol. The van der Waals surface area contributed by atoms with Crippen molar-refractivity contribution in [2.45, 2.75) is 36.8 Å². The number of hydrogen-bond acceptors (Lipinski definition) is 12. The molecule has 12 heteroatoms. The van der Waals surface area contributed by atoms with Crippen molar-refractivity contribution in [2.75, 3.05) is 0 Å². The van der Waals surface area contributed by atoms with Crippen LogP contribution in [-0.2, 0) is 6.42 Å². The number of fused-ring (bicyclic) bond motifs is 2. The molecule has 218 valence electrons. The summed E-state index contributed by atoms with van der Waals surface area (Å²) in [4.78, 5) is 0.